The molecule has 13 heteroatoms. The van der Waals surface area contributed by atoms with Crippen LogP contribution >= 0.6 is 0 Å². The van der Waals surface area contributed by atoms with Crippen LogP contribution in [0.25, 0.3) is 0 Å². The molecule has 1 saturated heterocycles. The third-order valence-electron chi connectivity index (χ3n) is 8.36. The molecule has 10 nitrogen and oxygen atoms in total. The molecule has 1 aromatic heterocycles. The molecule has 208 valence electrons. The quantitative estimate of drug-likeness (QED) is 0.571. The van der Waals surface area contributed by atoms with Gasteiger partial charge in [-0.25, -0.2) is 0 Å². The highest BCUT2D eigenvalue weighted by Gasteiger charge is 2.70. The van der Waals surface area contributed by atoms with Crippen molar-refractivity contribution in [1.29, 1.82) is 5.26 Å². The largest absolute Gasteiger partial charge is 0.471 e. The first-order chi connectivity index (χ1) is 17.6. The predicted molar refractivity (Wildman–Crippen MR) is 128 cm³/mol. The highest BCUT2D eigenvalue weighted by atomic mass is 19.4. The number of aryl methyl sites for hydroxylation is 1. The van der Waals surface area contributed by atoms with E-state index < -0.39 is 47.4 Å². The second-order valence-corrected chi connectivity index (χ2v) is 12.3. The van der Waals surface area contributed by atoms with Crippen LogP contribution in [-0.2, 0) is 20.9 Å². The molecule has 2 N–H and O–H groups in total. The summed E-state index contributed by atoms with van der Waals surface area (Å²) in [5.74, 6) is -2.99. The first-order valence-electron chi connectivity index (χ1n) is 12.8. The van der Waals surface area contributed by atoms with Gasteiger partial charge in [0.2, 0.25) is 11.8 Å². The van der Waals surface area contributed by atoms with E-state index >= 15 is 0 Å². The van der Waals surface area contributed by atoms with Gasteiger partial charge in [0.15, 0.2) is 0 Å². The summed E-state index contributed by atoms with van der Waals surface area (Å²) in [5, 5.41) is 22.6. The molecule has 6 atom stereocenters. The summed E-state index contributed by atoms with van der Waals surface area (Å²) in [6.45, 7) is 9.59. The van der Waals surface area contributed by atoms with Crippen LogP contribution in [0.3, 0.4) is 0 Å². The van der Waals surface area contributed by atoms with E-state index in [1.54, 1.807) is 27.1 Å². The van der Waals surface area contributed by atoms with Crippen molar-refractivity contribution >= 4 is 17.7 Å². The van der Waals surface area contributed by atoms with Crippen molar-refractivity contribution < 1.29 is 27.6 Å². The van der Waals surface area contributed by atoms with E-state index in [9.17, 15) is 32.8 Å². The summed E-state index contributed by atoms with van der Waals surface area (Å²) in [4.78, 5) is 40.2. The Bertz CT molecular complexity index is 1150. The SMILES string of the molecule is CC(C)(C)[C@H](NC(=O)C(F)(F)F)C(=O)N1C[C@H]2[C@@H]([C@H]1C(=O)NC(C#N)CC1CCCn3cnnc31)C2(C)C. The number of likely N-dealkylation sites (tertiary alicyclic amines) is 1. The summed E-state index contributed by atoms with van der Waals surface area (Å²) in [5.41, 5.74) is -1.29. The van der Waals surface area contributed by atoms with Crippen molar-refractivity contribution in [2.24, 2.45) is 22.7 Å². The molecular weight excluding hydrogens is 503 g/mol. The average Bonchev–Trinajstić information content (AvgIpc) is 3.24. The number of carbonyl (C=O) groups is 3. The molecule has 0 spiro atoms. The Morgan fingerprint density at radius 3 is 2.53 bits per heavy atom. The number of nitrogens with zero attached hydrogens (tertiary/aromatic N) is 5. The minimum Gasteiger partial charge on any atom is -0.339 e. The molecule has 3 heterocycles. The van der Waals surface area contributed by atoms with Gasteiger partial charge in [0, 0.05) is 19.0 Å². The van der Waals surface area contributed by atoms with E-state index in [0.717, 1.165) is 25.2 Å². The Labute approximate surface area is 219 Å². The molecule has 1 aliphatic carbocycles. The standard InChI is InChI=1S/C25H34F3N7O3/c1-23(2,3)18(32-22(38)25(26,27)28)21(37)35-11-15-16(24(15,4)5)17(35)20(36)31-14(10-29)9-13-7-6-8-34-12-30-33-19(13)34/h12-18H,6-9,11H2,1-5H3,(H,31,36)(H,32,38)/t13?,14?,15-,16-,17-,18+/m0/s1. The van der Waals surface area contributed by atoms with Crippen LogP contribution in [0.1, 0.15) is 65.6 Å². The number of nitrogens with one attached hydrogen (secondary N) is 2. The molecule has 3 aliphatic rings. The molecule has 1 aromatic rings. The van der Waals surface area contributed by atoms with E-state index in [1.807, 2.05) is 23.7 Å². The zero-order valence-corrected chi connectivity index (χ0v) is 22.2. The number of fused-ring (bicyclic) bond motifs is 2. The maximum Gasteiger partial charge on any atom is 0.471 e. The first kappa shape index (κ1) is 27.9. The van der Waals surface area contributed by atoms with Crippen molar-refractivity contribution in [1.82, 2.24) is 30.3 Å². The Balaban J connectivity index is 1.53. The number of alkyl halides is 3. The molecule has 3 amide bonds. The number of aromatic nitrogens is 3. The molecule has 1 saturated carbocycles. The number of halogens is 3. The lowest BCUT2D eigenvalue weighted by Gasteiger charge is -2.38. The maximum absolute atomic E-state index is 13.6. The molecule has 2 fully saturated rings. The first-order valence-corrected chi connectivity index (χ1v) is 12.8. The van der Waals surface area contributed by atoms with E-state index in [4.69, 9.17) is 0 Å². The van der Waals surface area contributed by atoms with Crippen molar-refractivity contribution in [3.63, 3.8) is 0 Å². The summed E-state index contributed by atoms with van der Waals surface area (Å²) in [6.07, 6.45) is -1.50. The topological polar surface area (TPSA) is 133 Å². The van der Waals surface area contributed by atoms with Gasteiger partial charge in [0.1, 0.15) is 30.3 Å². The van der Waals surface area contributed by atoms with E-state index in [1.165, 1.54) is 4.90 Å². The zero-order valence-electron chi connectivity index (χ0n) is 22.2. The number of hydrogen-bond donors (Lipinski definition) is 2. The van der Waals surface area contributed by atoms with Crippen LogP contribution in [-0.4, -0.2) is 68.2 Å². The minimum atomic E-state index is -5.15. The van der Waals surface area contributed by atoms with Gasteiger partial charge in [-0.2, -0.15) is 18.4 Å². The fourth-order valence-electron chi connectivity index (χ4n) is 6.14. The highest BCUT2D eigenvalue weighted by Crippen LogP contribution is 2.65. The van der Waals surface area contributed by atoms with Crippen LogP contribution < -0.4 is 10.6 Å². The van der Waals surface area contributed by atoms with Crippen molar-refractivity contribution in [2.45, 2.75) is 90.6 Å². The number of nitriles is 1. The Hall–Kier alpha value is -3.17. The van der Waals surface area contributed by atoms with Gasteiger partial charge >= 0.3 is 12.1 Å². The smallest absolute Gasteiger partial charge is 0.339 e. The minimum absolute atomic E-state index is 0.0152. The third kappa shape index (κ3) is 5.09. The number of rotatable bonds is 6. The molecule has 0 aromatic carbocycles. The van der Waals surface area contributed by atoms with Gasteiger partial charge in [-0.15, -0.1) is 10.2 Å². The second-order valence-electron chi connectivity index (χ2n) is 12.3. The predicted octanol–water partition coefficient (Wildman–Crippen LogP) is 2.13. The van der Waals surface area contributed by atoms with E-state index in [2.05, 4.69) is 21.6 Å². The van der Waals surface area contributed by atoms with Crippen molar-refractivity contribution in [3.8, 4) is 6.07 Å². The summed E-state index contributed by atoms with van der Waals surface area (Å²) < 4.78 is 41.0. The number of hydrogen-bond acceptors (Lipinski definition) is 6. The third-order valence-corrected chi connectivity index (χ3v) is 8.36. The summed E-state index contributed by atoms with van der Waals surface area (Å²) in [6, 6.07) is -1.17. The molecule has 0 radical (unpaired) electrons. The van der Waals surface area contributed by atoms with Gasteiger partial charge in [0.05, 0.1) is 6.07 Å². The summed E-state index contributed by atoms with van der Waals surface area (Å²) in [7, 11) is 0. The number of amides is 3. The molecular formula is C25H34F3N7O3. The van der Waals surface area contributed by atoms with Crippen molar-refractivity contribution in [3.05, 3.63) is 12.2 Å². The summed E-state index contributed by atoms with van der Waals surface area (Å²) >= 11 is 0. The molecule has 4 rings (SSSR count). The lowest BCUT2D eigenvalue weighted by Crippen LogP contribution is -2.61. The van der Waals surface area contributed by atoms with Gasteiger partial charge in [-0.05, 0) is 41.9 Å². The highest BCUT2D eigenvalue weighted by molar-refractivity contribution is 5.95. The van der Waals surface area contributed by atoms with Crippen LogP contribution in [0.2, 0.25) is 0 Å². The van der Waals surface area contributed by atoms with E-state index in [0.29, 0.717) is 6.42 Å². The lowest BCUT2D eigenvalue weighted by atomic mass is 9.85. The lowest BCUT2D eigenvalue weighted by molar-refractivity contribution is -0.176. The molecule has 38 heavy (non-hydrogen) atoms. The fourth-order valence-corrected chi connectivity index (χ4v) is 6.14. The van der Waals surface area contributed by atoms with Gasteiger partial charge < -0.3 is 20.1 Å². The van der Waals surface area contributed by atoms with Gasteiger partial charge in [-0.1, -0.05) is 34.6 Å². The van der Waals surface area contributed by atoms with Crippen LogP contribution in [0.4, 0.5) is 13.2 Å². The monoisotopic (exact) mass is 537 g/mol. The fraction of sp³-hybridized carbons (Fsp3) is 0.760. The second kappa shape index (κ2) is 9.54. The van der Waals surface area contributed by atoms with Gasteiger partial charge in [0.25, 0.3) is 0 Å². The zero-order chi connectivity index (χ0) is 28.2. The van der Waals surface area contributed by atoms with Crippen molar-refractivity contribution in [2.75, 3.05) is 6.54 Å². The Kier molecular flexibility index (Phi) is 6.99. The van der Waals surface area contributed by atoms with Crippen LogP contribution in [0.15, 0.2) is 6.33 Å². The molecule has 2 aliphatic heterocycles. The average molecular weight is 538 g/mol. The van der Waals surface area contributed by atoms with Gasteiger partial charge in [-0.3, -0.25) is 14.4 Å². The molecule has 2 unspecified atom stereocenters. The Morgan fingerprint density at radius 1 is 1.24 bits per heavy atom. The van der Waals surface area contributed by atoms with Crippen LogP contribution in [0, 0.1) is 34.0 Å². The number of carbonyl (C=O) groups excluding carboxylic acids is 3. The van der Waals surface area contributed by atoms with Crippen LogP contribution in [0.5, 0.6) is 0 Å². The Morgan fingerprint density at radius 2 is 1.92 bits per heavy atom. The normalized spacial score (nSPS) is 27.4. The maximum atomic E-state index is 13.6. The number of piperidine rings is 1. The van der Waals surface area contributed by atoms with E-state index in [-0.39, 0.29) is 29.7 Å². The molecule has 0 bridgehead atoms.